The third kappa shape index (κ3) is 0.980. The van der Waals surface area contributed by atoms with Crippen molar-refractivity contribution in [2.75, 3.05) is 0 Å². The Morgan fingerprint density at radius 1 is 0.818 bits per heavy atom. The van der Waals surface area contributed by atoms with E-state index in [-0.39, 0.29) is 12.1 Å². The normalized spacial score (nSPS) is 56.5. The Morgan fingerprint density at radius 3 is 1.73 bits per heavy atom. The highest BCUT2D eigenvalue weighted by atomic mass is 16.4. The van der Waals surface area contributed by atoms with E-state index in [1.54, 1.807) is 0 Å². The molecule has 2 fully saturated rings. The van der Waals surface area contributed by atoms with Crippen LogP contribution in [-0.4, -0.2) is 45.7 Å². The van der Waals surface area contributed by atoms with E-state index in [1.807, 2.05) is 0 Å². The molecular formula is C7H13NO3. The summed E-state index contributed by atoms with van der Waals surface area (Å²) < 4.78 is 0. The van der Waals surface area contributed by atoms with Gasteiger partial charge in [0.25, 0.3) is 0 Å². The lowest BCUT2D eigenvalue weighted by Crippen LogP contribution is -2.60. The molecule has 2 rings (SSSR count). The first-order chi connectivity index (χ1) is 5.20. The molecule has 0 saturated carbocycles. The summed E-state index contributed by atoms with van der Waals surface area (Å²) in [7, 11) is 0. The zero-order chi connectivity index (χ0) is 8.01. The van der Waals surface area contributed by atoms with Crippen molar-refractivity contribution in [2.45, 2.75) is 43.2 Å². The summed E-state index contributed by atoms with van der Waals surface area (Å²) in [6.45, 7) is 0. The van der Waals surface area contributed by atoms with Gasteiger partial charge in [-0.25, -0.2) is 0 Å². The van der Waals surface area contributed by atoms with Crippen LogP contribution in [0, 0.1) is 0 Å². The van der Waals surface area contributed by atoms with E-state index >= 15 is 0 Å². The predicted molar refractivity (Wildman–Crippen MR) is 38.0 cm³/mol. The zero-order valence-corrected chi connectivity index (χ0v) is 6.14. The van der Waals surface area contributed by atoms with Gasteiger partial charge in [-0.3, -0.25) is 0 Å². The predicted octanol–water partition coefficient (Wildman–Crippen LogP) is -1.80. The van der Waals surface area contributed by atoms with Crippen LogP contribution in [0.5, 0.6) is 0 Å². The Kier molecular flexibility index (Phi) is 1.64. The number of piperidine rings is 1. The first-order valence-corrected chi connectivity index (χ1v) is 4.00. The summed E-state index contributed by atoms with van der Waals surface area (Å²) in [5.74, 6) is 0. The number of hydrogen-bond acceptors (Lipinski definition) is 4. The number of aliphatic hydroxyl groups is 3. The topological polar surface area (TPSA) is 72.7 Å². The second-order valence-corrected chi connectivity index (χ2v) is 3.43. The van der Waals surface area contributed by atoms with E-state index in [2.05, 4.69) is 5.32 Å². The number of nitrogens with one attached hydrogen (secondary N) is 1. The summed E-state index contributed by atoms with van der Waals surface area (Å²) >= 11 is 0. The number of aliphatic hydroxyl groups excluding tert-OH is 3. The smallest absolute Gasteiger partial charge is 0.109 e. The molecule has 64 valence electrons. The minimum Gasteiger partial charge on any atom is -0.389 e. The molecule has 0 aromatic carbocycles. The van der Waals surface area contributed by atoms with Crippen LogP contribution in [0.3, 0.4) is 0 Å². The maximum Gasteiger partial charge on any atom is 0.109 e. The molecule has 2 saturated heterocycles. The molecule has 5 atom stereocenters. The fourth-order valence-corrected chi connectivity index (χ4v) is 2.02. The van der Waals surface area contributed by atoms with Gasteiger partial charge in [-0.15, -0.1) is 0 Å². The molecule has 0 aromatic rings. The second kappa shape index (κ2) is 2.42. The van der Waals surface area contributed by atoms with E-state index in [4.69, 9.17) is 0 Å². The lowest BCUT2D eigenvalue weighted by Gasteiger charge is -2.35. The quantitative estimate of drug-likeness (QED) is 0.336. The van der Waals surface area contributed by atoms with Crippen molar-refractivity contribution in [1.82, 2.24) is 5.32 Å². The highest BCUT2D eigenvalue weighted by molar-refractivity contribution is 5.03. The van der Waals surface area contributed by atoms with Crippen molar-refractivity contribution in [1.29, 1.82) is 0 Å². The molecule has 1 unspecified atom stereocenters. The molecule has 0 aromatic heterocycles. The SMILES string of the molecule is OC1[C@@H](O)[C@@H]2CC[C@@H](N2)[C@@H]1O. The average Bonchev–Trinajstić information content (AvgIpc) is 2.44. The molecule has 0 aliphatic carbocycles. The lowest BCUT2D eigenvalue weighted by molar-refractivity contribution is -0.0973. The summed E-state index contributed by atoms with van der Waals surface area (Å²) in [5, 5.41) is 31.1. The van der Waals surface area contributed by atoms with Crippen LogP contribution >= 0.6 is 0 Å². The van der Waals surface area contributed by atoms with Crippen molar-refractivity contribution in [2.24, 2.45) is 0 Å². The fourth-order valence-electron chi connectivity index (χ4n) is 2.02. The molecule has 11 heavy (non-hydrogen) atoms. The van der Waals surface area contributed by atoms with Gasteiger partial charge in [-0.1, -0.05) is 0 Å². The van der Waals surface area contributed by atoms with Gasteiger partial charge in [0.05, 0.1) is 12.2 Å². The van der Waals surface area contributed by atoms with Crippen LogP contribution < -0.4 is 5.32 Å². The van der Waals surface area contributed by atoms with Crippen molar-refractivity contribution in [3.63, 3.8) is 0 Å². The van der Waals surface area contributed by atoms with Gasteiger partial charge in [0, 0.05) is 12.1 Å². The Balaban J connectivity index is 2.16. The van der Waals surface area contributed by atoms with Gasteiger partial charge < -0.3 is 20.6 Å². The first-order valence-electron chi connectivity index (χ1n) is 4.00. The van der Waals surface area contributed by atoms with E-state index in [0.29, 0.717) is 0 Å². The van der Waals surface area contributed by atoms with Gasteiger partial charge in [0.15, 0.2) is 0 Å². The van der Waals surface area contributed by atoms with Crippen LogP contribution in [0.25, 0.3) is 0 Å². The second-order valence-electron chi connectivity index (χ2n) is 3.43. The van der Waals surface area contributed by atoms with Gasteiger partial charge >= 0.3 is 0 Å². The molecule has 4 nitrogen and oxygen atoms in total. The molecule has 4 heteroatoms. The van der Waals surface area contributed by atoms with Gasteiger partial charge in [-0.05, 0) is 12.8 Å². The molecular weight excluding hydrogens is 146 g/mol. The minimum atomic E-state index is -0.964. The molecule has 0 spiro atoms. The Bertz CT molecular complexity index is 144. The van der Waals surface area contributed by atoms with E-state index < -0.39 is 18.3 Å². The number of hydrogen-bond donors (Lipinski definition) is 4. The van der Waals surface area contributed by atoms with E-state index in [9.17, 15) is 15.3 Å². The maximum absolute atomic E-state index is 9.36. The van der Waals surface area contributed by atoms with Crippen LogP contribution in [0.4, 0.5) is 0 Å². The fraction of sp³-hybridized carbons (Fsp3) is 1.00. The maximum atomic E-state index is 9.36. The molecule has 0 radical (unpaired) electrons. The van der Waals surface area contributed by atoms with E-state index in [0.717, 1.165) is 12.8 Å². The first kappa shape index (κ1) is 7.49. The Labute approximate surface area is 64.8 Å². The summed E-state index contributed by atoms with van der Waals surface area (Å²) in [6, 6.07) is -0.0307. The third-order valence-electron chi connectivity index (χ3n) is 2.74. The van der Waals surface area contributed by atoms with Gasteiger partial charge in [0.2, 0.25) is 0 Å². The van der Waals surface area contributed by atoms with Gasteiger partial charge in [0.1, 0.15) is 6.10 Å². The minimum absolute atomic E-state index is 0.0154. The summed E-state index contributed by atoms with van der Waals surface area (Å²) in [6.07, 6.45) is -0.874. The summed E-state index contributed by atoms with van der Waals surface area (Å²) in [4.78, 5) is 0. The molecule has 4 N–H and O–H groups in total. The standard InChI is InChI=1S/C7H13NO3/c9-5-3-1-2-4(8-3)6(10)7(5)11/h3-11H,1-2H2/t3-,4+,5-,6-,7?/m0/s1. The van der Waals surface area contributed by atoms with Crippen molar-refractivity contribution >= 4 is 0 Å². The molecule has 0 amide bonds. The van der Waals surface area contributed by atoms with Crippen molar-refractivity contribution < 1.29 is 15.3 Å². The van der Waals surface area contributed by atoms with Crippen LogP contribution in [0.15, 0.2) is 0 Å². The summed E-state index contributed by atoms with van der Waals surface area (Å²) in [5.41, 5.74) is 0. The molecule has 2 heterocycles. The Hall–Kier alpha value is -0.160. The largest absolute Gasteiger partial charge is 0.389 e. The highest BCUT2D eigenvalue weighted by Gasteiger charge is 2.45. The van der Waals surface area contributed by atoms with Crippen LogP contribution in [0.1, 0.15) is 12.8 Å². The van der Waals surface area contributed by atoms with Crippen molar-refractivity contribution in [3.8, 4) is 0 Å². The van der Waals surface area contributed by atoms with Crippen molar-refractivity contribution in [3.05, 3.63) is 0 Å². The average molecular weight is 159 g/mol. The van der Waals surface area contributed by atoms with Gasteiger partial charge in [-0.2, -0.15) is 0 Å². The monoisotopic (exact) mass is 159 g/mol. The molecule has 2 aliphatic rings. The number of fused-ring (bicyclic) bond motifs is 2. The number of rotatable bonds is 0. The van der Waals surface area contributed by atoms with E-state index in [1.165, 1.54) is 0 Å². The van der Waals surface area contributed by atoms with Crippen LogP contribution in [-0.2, 0) is 0 Å². The zero-order valence-electron chi connectivity index (χ0n) is 6.14. The lowest BCUT2D eigenvalue weighted by atomic mass is 9.97. The molecule has 2 aliphatic heterocycles. The van der Waals surface area contributed by atoms with Crippen LogP contribution in [0.2, 0.25) is 0 Å². The Morgan fingerprint density at radius 2 is 1.27 bits per heavy atom. The third-order valence-corrected chi connectivity index (χ3v) is 2.74. The highest BCUT2D eigenvalue weighted by Crippen LogP contribution is 2.27. The molecule has 2 bridgehead atoms.